The molecule has 3 rings (SSSR count). The molecule has 0 N–H and O–H groups in total. The van der Waals surface area contributed by atoms with Gasteiger partial charge in [0, 0.05) is 10.5 Å². The van der Waals surface area contributed by atoms with Crippen LogP contribution in [-0.2, 0) is 6.61 Å². The number of carbonyl (C=O) groups excluding carboxylic acids is 1. The molecule has 0 saturated heterocycles. The molecule has 0 aliphatic heterocycles. The highest BCUT2D eigenvalue weighted by Crippen LogP contribution is 2.24. The van der Waals surface area contributed by atoms with E-state index in [1.165, 1.54) is 0 Å². The van der Waals surface area contributed by atoms with E-state index in [-0.39, 0.29) is 6.61 Å². The number of hydrogen-bond donors (Lipinski definition) is 0. The Labute approximate surface area is 128 Å². The predicted octanol–water partition coefficient (Wildman–Crippen LogP) is 4.09. The van der Waals surface area contributed by atoms with Gasteiger partial charge in [0.25, 0.3) is 0 Å². The van der Waals surface area contributed by atoms with Crippen molar-refractivity contribution in [2.75, 3.05) is 0 Å². The number of hydrogen-bond acceptors (Lipinski definition) is 5. The van der Waals surface area contributed by atoms with Crippen molar-refractivity contribution in [2.45, 2.75) is 6.61 Å². The molecular weight excluding hydrogens is 338 g/mol. The second-order valence-corrected chi connectivity index (χ2v) is 5.16. The van der Waals surface area contributed by atoms with Gasteiger partial charge < -0.3 is 13.7 Å². The van der Waals surface area contributed by atoms with Gasteiger partial charge in [-0.15, -0.1) is 0 Å². The van der Waals surface area contributed by atoms with Crippen LogP contribution in [0.25, 0.3) is 11.5 Å². The maximum absolute atomic E-state index is 11.0. The zero-order valence-electron chi connectivity index (χ0n) is 10.8. The van der Waals surface area contributed by atoms with Crippen LogP contribution >= 0.6 is 15.9 Å². The van der Waals surface area contributed by atoms with Gasteiger partial charge in [-0.2, -0.15) is 0 Å². The van der Waals surface area contributed by atoms with Crippen molar-refractivity contribution in [3.8, 4) is 17.3 Å². The van der Waals surface area contributed by atoms with Crippen LogP contribution in [0.4, 0.5) is 0 Å². The summed E-state index contributed by atoms with van der Waals surface area (Å²) in [6.07, 6.45) is 2.31. The first-order valence-electron chi connectivity index (χ1n) is 6.13. The van der Waals surface area contributed by atoms with Crippen LogP contribution in [-0.4, -0.2) is 11.4 Å². The molecular formula is C15H10BrNO4. The van der Waals surface area contributed by atoms with E-state index in [0.29, 0.717) is 28.5 Å². The molecule has 0 bridgehead atoms. The van der Waals surface area contributed by atoms with Gasteiger partial charge in [-0.3, -0.25) is 4.79 Å². The number of aldehydes is 1. The highest BCUT2D eigenvalue weighted by atomic mass is 79.9. The zero-order valence-corrected chi connectivity index (χ0v) is 12.4. The fourth-order valence-electron chi connectivity index (χ4n) is 1.81. The minimum Gasteiger partial charge on any atom is -0.486 e. The third kappa shape index (κ3) is 3.05. The lowest BCUT2D eigenvalue weighted by Crippen LogP contribution is -1.98. The summed E-state index contributed by atoms with van der Waals surface area (Å²) in [5.74, 6) is 1.63. The van der Waals surface area contributed by atoms with Crippen molar-refractivity contribution in [3.05, 3.63) is 58.4 Å². The van der Waals surface area contributed by atoms with Gasteiger partial charge in [-0.25, -0.2) is 0 Å². The molecule has 3 aromatic rings. The number of furan rings is 1. The fourth-order valence-corrected chi connectivity index (χ4v) is 2.19. The largest absolute Gasteiger partial charge is 0.486 e. The lowest BCUT2D eigenvalue weighted by molar-refractivity contribution is 0.111. The average Bonchev–Trinajstić information content (AvgIpc) is 3.16. The van der Waals surface area contributed by atoms with E-state index in [1.54, 1.807) is 42.7 Å². The van der Waals surface area contributed by atoms with Crippen molar-refractivity contribution in [1.29, 1.82) is 0 Å². The van der Waals surface area contributed by atoms with Gasteiger partial charge in [0.05, 0.1) is 11.8 Å². The first-order chi connectivity index (χ1) is 10.3. The van der Waals surface area contributed by atoms with Crippen molar-refractivity contribution < 1.29 is 18.5 Å². The van der Waals surface area contributed by atoms with Crippen LogP contribution in [0.5, 0.6) is 5.75 Å². The Kier molecular flexibility index (Phi) is 3.87. The summed E-state index contributed by atoms with van der Waals surface area (Å²) < 4.78 is 16.8. The molecule has 0 saturated carbocycles. The van der Waals surface area contributed by atoms with Gasteiger partial charge >= 0.3 is 0 Å². The van der Waals surface area contributed by atoms with Crippen molar-refractivity contribution in [3.63, 3.8) is 0 Å². The number of aromatic nitrogens is 1. The lowest BCUT2D eigenvalue weighted by atomic mass is 10.2. The topological polar surface area (TPSA) is 65.5 Å². The summed E-state index contributed by atoms with van der Waals surface area (Å²) in [4.78, 5) is 11.0. The third-order valence-electron chi connectivity index (χ3n) is 2.80. The minimum absolute atomic E-state index is 0.201. The fraction of sp³-hybridized carbons (Fsp3) is 0.0667. The molecule has 1 aromatic carbocycles. The van der Waals surface area contributed by atoms with Gasteiger partial charge in [0.15, 0.2) is 12.0 Å². The molecule has 0 spiro atoms. The Balaban J connectivity index is 1.72. The van der Waals surface area contributed by atoms with Crippen LogP contribution in [0.3, 0.4) is 0 Å². The molecule has 106 valence electrons. The van der Waals surface area contributed by atoms with Gasteiger partial charge in [0.1, 0.15) is 18.1 Å². The quantitative estimate of drug-likeness (QED) is 0.650. The Morgan fingerprint density at radius 3 is 2.90 bits per heavy atom. The standard InChI is InChI=1S/C15H10BrNO4/c16-11-3-4-13(10(6-11)8-18)20-9-12-7-15(21-17-12)14-2-1-5-19-14/h1-8H,9H2. The number of ether oxygens (including phenoxy) is 1. The molecule has 0 amide bonds. The first kappa shape index (κ1) is 13.6. The van der Waals surface area contributed by atoms with E-state index < -0.39 is 0 Å². The van der Waals surface area contributed by atoms with Crippen LogP contribution in [0.15, 0.2) is 56.1 Å². The van der Waals surface area contributed by atoms with E-state index in [1.807, 2.05) is 0 Å². The maximum Gasteiger partial charge on any atom is 0.202 e. The molecule has 5 nitrogen and oxygen atoms in total. The highest BCUT2D eigenvalue weighted by Gasteiger charge is 2.10. The zero-order chi connectivity index (χ0) is 14.7. The monoisotopic (exact) mass is 347 g/mol. The molecule has 21 heavy (non-hydrogen) atoms. The molecule has 0 aliphatic rings. The Morgan fingerprint density at radius 1 is 1.24 bits per heavy atom. The minimum atomic E-state index is 0.201. The predicted molar refractivity (Wildman–Crippen MR) is 78.1 cm³/mol. The number of carbonyl (C=O) groups is 1. The molecule has 2 heterocycles. The summed E-state index contributed by atoms with van der Waals surface area (Å²) in [7, 11) is 0. The molecule has 0 unspecified atom stereocenters. The van der Waals surface area contributed by atoms with E-state index in [2.05, 4.69) is 21.1 Å². The highest BCUT2D eigenvalue weighted by molar-refractivity contribution is 9.10. The number of rotatable bonds is 5. The first-order valence-corrected chi connectivity index (χ1v) is 6.92. The van der Waals surface area contributed by atoms with Crippen molar-refractivity contribution in [2.24, 2.45) is 0 Å². The molecule has 6 heteroatoms. The molecule has 0 atom stereocenters. The summed E-state index contributed by atoms with van der Waals surface area (Å²) in [6, 6.07) is 10.5. The van der Waals surface area contributed by atoms with Crippen LogP contribution in [0.1, 0.15) is 16.1 Å². The van der Waals surface area contributed by atoms with E-state index in [4.69, 9.17) is 13.7 Å². The van der Waals surface area contributed by atoms with Crippen LogP contribution in [0, 0.1) is 0 Å². The number of nitrogens with zero attached hydrogens (tertiary/aromatic N) is 1. The van der Waals surface area contributed by atoms with Crippen LogP contribution in [0.2, 0.25) is 0 Å². The Hall–Kier alpha value is -2.34. The second-order valence-electron chi connectivity index (χ2n) is 4.25. The number of halogens is 1. The van der Waals surface area contributed by atoms with E-state index in [0.717, 1.165) is 10.8 Å². The van der Waals surface area contributed by atoms with Gasteiger partial charge in [-0.1, -0.05) is 21.1 Å². The summed E-state index contributed by atoms with van der Waals surface area (Å²) in [5, 5.41) is 3.90. The van der Waals surface area contributed by atoms with E-state index >= 15 is 0 Å². The summed E-state index contributed by atoms with van der Waals surface area (Å²) in [6.45, 7) is 0.201. The van der Waals surface area contributed by atoms with Crippen molar-refractivity contribution >= 4 is 22.2 Å². The third-order valence-corrected chi connectivity index (χ3v) is 3.29. The molecule has 2 aromatic heterocycles. The Bertz CT molecular complexity index is 749. The molecule has 0 fully saturated rings. The van der Waals surface area contributed by atoms with Crippen LogP contribution < -0.4 is 4.74 Å². The summed E-state index contributed by atoms with van der Waals surface area (Å²) >= 11 is 3.31. The number of benzene rings is 1. The Morgan fingerprint density at radius 2 is 2.14 bits per heavy atom. The lowest BCUT2D eigenvalue weighted by Gasteiger charge is -2.06. The molecule has 0 aliphatic carbocycles. The van der Waals surface area contributed by atoms with Gasteiger partial charge in [-0.05, 0) is 30.3 Å². The second kappa shape index (κ2) is 5.97. The van der Waals surface area contributed by atoms with E-state index in [9.17, 15) is 4.79 Å². The average molecular weight is 348 g/mol. The van der Waals surface area contributed by atoms with Crippen molar-refractivity contribution in [1.82, 2.24) is 5.16 Å². The SMILES string of the molecule is O=Cc1cc(Br)ccc1OCc1cc(-c2ccco2)on1. The normalized spacial score (nSPS) is 10.5. The maximum atomic E-state index is 11.0. The molecule has 0 radical (unpaired) electrons. The summed E-state index contributed by atoms with van der Waals surface area (Å²) in [5.41, 5.74) is 1.08. The van der Waals surface area contributed by atoms with Gasteiger partial charge in [0.2, 0.25) is 5.76 Å². The smallest absolute Gasteiger partial charge is 0.202 e.